The molecule has 0 heterocycles. The monoisotopic (exact) mass is 300 g/mol. The second kappa shape index (κ2) is 7.29. The van der Waals surface area contributed by atoms with E-state index >= 15 is 0 Å². The highest BCUT2D eigenvalue weighted by atomic mass is 79.9. The first-order valence-electron chi connectivity index (χ1n) is 5.40. The van der Waals surface area contributed by atoms with Gasteiger partial charge in [-0.3, -0.25) is 4.79 Å². The zero-order valence-electron chi connectivity index (χ0n) is 10.1. The Bertz CT molecular complexity index is 354. The smallest absolute Gasteiger partial charge is 0.260 e. The van der Waals surface area contributed by atoms with Crippen LogP contribution in [0.25, 0.3) is 0 Å². The van der Waals surface area contributed by atoms with Crippen LogP contribution in [0, 0.1) is 0 Å². The molecule has 1 rings (SSSR count). The number of amides is 1. The van der Waals surface area contributed by atoms with Crippen molar-refractivity contribution >= 4 is 21.8 Å². The third-order valence-electron chi connectivity index (χ3n) is 2.30. The van der Waals surface area contributed by atoms with E-state index in [2.05, 4.69) is 21.2 Å². The van der Waals surface area contributed by atoms with E-state index in [0.717, 1.165) is 11.0 Å². The molecule has 0 atom stereocenters. The summed E-state index contributed by atoms with van der Waals surface area (Å²) < 4.78 is 6.38. The van der Waals surface area contributed by atoms with E-state index in [4.69, 9.17) is 4.74 Å². The summed E-state index contributed by atoms with van der Waals surface area (Å²) in [5.41, 5.74) is 0. The second-order valence-electron chi connectivity index (χ2n) is 3.66. The van der Waals surface area contributed by atoms with E-state index in [0.29, 0.717) is 12.3 Å². The van der Waals surface area contributed by atoms with Crippen molar-refractivity contribution in [3.8, 4) is 5.75 Å². The first-order valence-corrected chi connectivity index (χ1v) is 6.19. The maximum Gasteiger partial charge on any atom is 0.260 e. The standard InChI is InChI=1S/C12H17BrN2O2/c1-14-7-8-15(2)12(16)9-17-11-5-3-10(13)4-6-11/h3-6,14H,7-9H2,1-2H3. The van der Waals surface area contributed by atoms with Gasteiger partial charge in [-0.1, -0.05) is 15.9 Å². The van der Waals surface area contributed by atoms with Crippen LogP contribution in [0.15, 0.2) is 28.7 Å². The van der Waals surface area contributed by atoms with E-state index in [1.165, 1.54) is 0 Å². The molecule has 1 aromatic carbocycles. The molecule has 0 saturated carbocycles. The van der Waals surface area contributed by atoms with E-state index in [-0.39, 0.29) is 12.5 Å². The molecule has 0 unspecified atom stereocenters. The molecule has 0 spiro atoms. The first kappa shape index (κ1) is 14.0. The van der Waals surface area contributed by atoms with Crippen molar-refractivity contribution in [3.05, 3.63) is 28.7 Å². The maximum absolute atomic E-state index is 11.7. The van der Waals surface area contributed by atoms with Gasteiger partial charge in [0.1, 0.15) is 5.75 Å². The quantitative estimate of drug-likeness (QED) is 0.866. The molecule has 1 N–H and O–H groups in total. The Morgan fingerprint density at radius 2 is 2.06 bits per heavy atom. The van der Waals surface area contributed by atoms with Gasteiger partial charge in [-0.15, -0.1) is 0 Å². The van der Waals surface area contributed by atoms with E-state index in [1.54, 1.807) is 11.9 Å². The summed E-state index contributed by atoms with van der Waals surface area (Å²) in [5.74, 6) is 0.673. The maximum atomic E-state index is 11.7. The molecule has 0 aliphatic heterocycles. The van der Waals surface area contributed by atoms with Crippen molar-refractivity contribution in [2.24, 2.45) is 0 Å². The molecule has 0 aromatic heterocycles. The van der Waals surface area contributed by atoms with Crippen molar-refractivity contribution in [2.75, 3.05) is 33.8 Å². The molecule has 94 valence electrons. The number of rotatable bonds is 6. The second-order valence-corrected chi connectivity index (χ2v) is 4.58. The lowest BCUT2D eigenvalue weighted by atomic mass is 10.3. The molecule has 1 aromatic rings. The van der Waals surface area contributed by atoms with Crippen LogP contribution < -0.4 is 10.1 Å². The Balaban J connectivity index is 2.34. The first-order chi connectivity index (χ1) is 8.13. The van der Waals surface area contributed by atoms with Gasteiger partial charge < -0.3 is 15.0 Å². The number of hydrogen-bond donors (Lipinski definition) is 1. The minimum Gasteiger partial charge on any atom is -0.484 e. The van der Waals surface area contributed by atoms with Crippen LogP contribution in [0.5, 0.6) is 5.75 Å². The zero-order valence-corrected chi connectivity index (χ0v) is 11.7. The topological polar surface area (TPSA) is 41.6 Å². The van der Waals surface area contributed by atoms with Crippen LogP contribution in [0.2, 0.25) is 0 Å². The van der Waals surface area contributed by atoms with Crippen molar-refractivity contribution in [3.63, 3.8) is 0 Å². The highest BCUT2D eigenvalue weighted by molar-refractivity contribution is 9.10. The zero-order chi connectivity index (χ0) is 12.7. The average Bonchev–Trinajstić information content (AvgIpc) is 2.34. The number of hydrogen-bond acceptors (Lipinski definition) is 3. The SMILES string of the molecule is CNCCN(C)C(=O)COc1ccc(Br)cc1. The third-order valence-corrected chi connectivity index (χ3v) is 2.83. The van der Waals surface area contributed by atoms with E-state index in [9.17, 15) is 4.79 Å². The minimum absolute atomic E-state index is 0.0248. The number of carbonyl (C=O) groups is 1. The van der Waals surface area contributed by atoms with E-state index in [1.807, 2.05) is 31.3 Å². The van der Waals surface area contributed by atoms with Crippen LogP contribution in [0.4, 0.5) is 0 Å². The number of ether oxygens (including phenoxy) is 1. The Morgan fingerprint density at radius 3 is 2.65 bits per heavy atom. The fourth-order valence-electron chi connectivity index (χ4n) is 1.19. The fourth-order valence-corrected chi connectivity index (χ4v) is 1.45. The van der Waals surface area contributed by atoms with E-state index < -0.39 is 0 Å². The summed E-state index contributed by atoms with van der Waals surface area (Å²) in [5, 5.41) is 2.99. The van der Waals surface area contributed by atoms with Crippen molar-refractivity contribution in [1.29, 1.82) is 0 Å². The highest BCUT2D eigenvalue weighted by Crippen LogP contribution is 2.15. The van der Waals surface area contributed by atoms with Gasteiger partial charge in [0.25, 0.3) is 5.91 Å². The number of benzene rings is 1. The third kappa shape index (κ3) is 5.19. The van der Waals surface area contributed by atoms with Crippen molar-refractivity contribution < 1.29 is 9.53 Å². The lowest BCUT2D eigenvalue weighted by Gasteiger charge is -2.17. The van der Waals surface area contributed by atoms with Gasteiger partial charge in [-0.05, 0) is 31.3 Å². The molecule has 0 saturated heterocycles. The summed E-state index contributed by atoms with van der Waals surface area (Å²) in [6.07, 6.45) is 0. The van der Waals surface area contributed by atoms with Gasteiger partial charge in [-0.2, -0.15) is 0 Å². The van der Waals surface area contributed by atoms with Gasteiger partial charge in [0.15, 0.2) is 6.61 Å². The molecule has 0 aliphatic carbocycles. The summed E-state index contributed by atoms with van der Waals surface area (Å²) in [4.78, 5) is 13.3. The Labute approximate surface area is 110 Å². The summed E-state index contributed by atoms with van der Waals surface area (Å²) in [7, 11) is 3.63. The predicted molar refractivity (Wildman–Crippen MR) is 71.2 cm³/mol. The van der Waals surface area contributed by atoms with Crippen molar-refractivity contribution in [1.82, 2.24) is 10.2 Å². The minimum atomic E-state index is -0.0248. The lowest BCUT2D eigenvalue weighted by Crippen LogP contribution is -2.35. The number of likely N-dealkylation sites (N-methyl/N-ethyl adjacent to an activating group) is 2. The summed E-state index contributed by atoms with van der Waals surface area (Å²) >= 11 is 3.34. The van der Waals surface area contributed by atoms with Gasteiger partial charge >= 0.3 is 0 Å². The number of carbonyl (C=O) groups excluding carboxylic acids is 1. The normalized spacial score (nSPS) is 10.1. The average molecular weight is 301 g/mol. The molecule has 0 fully saturated rings. The molecule has 0 aliphatic rings. The summed E-state index contributed by atoms with van der Waals surface area (Å²) in [6, 6.07) is 7.41. The Hall–Kier alpha value is -1.07. The molecular weight excluding hydrogens is 284 g/mol. The molecule has 0 radical (unpaired) electrons. The molecule has 0 bridgehead atoms. The predicted octanol–water partition coefficient (Wildman–Crippen LogP) is 1.51. The highest BCUT2D eigenvalue weighted by Gasteiger charge is 2.08. The molecule has 1 amide bonds. The Morgan fingerprint density at radius 1 is 1.41 bits per heavy atom. The van der Waals surface area contributed by atoms with Gasteiger partial charge in [0.2, 0.25) is 0 Å². The molecule has 17 heavy (non-hydrogen) atoms. The van der Waals surface area contributed by atoms with Gasteiger partial charge in [-0.25, -0.2) is 0 Å². The lowest BCUT2D eigenvalue weighted by molar-refractivity contribution is -0.131. The summed E-state index contributed by atoms with van der Waals surface area (Å²) in [6.45, 7) is 1.53. The molecule has 5 heteroatoms. The Kier molecular flexibility index (Phi) is 6.00. The molecular formula is C12H17BrN2O2. The van der Waals surface area contributed by atoms with Crippen molar-refractivity contribution in [2.45, 2.75) is 0 Å². The molecule has 4 nitrogen and oxygen atoms in total. The van der Waals surface area contributed by atoms with Gasteiger partial charge in [0.05, 0.1) is 0 Å². The number of nitrogens with zero attached hydrogens (tertiary/aromatic N) is 1. The van der Waals surface area contributed by atoms with Crippen LogP contribution in [0.3, 0.4) is 0 Å². The van der Waals surface area contributed by atoms with Crippen LogP contribution in [0.1, 0.15) is 0 Å². The number of halogens is 1. The fraction of sp³-hybridized carbons (Fsp3) is 0.417. The van der Waals surface area contributed by atoms with Gasteiger partial charge in [0, 0.05) is 24.6 Å². The van der Waals surface area contributed by atoms with Crippen LogP contribution in [-0.2, 0) is 4.79 Å². The number of nitrogens with one attached hydrogen (secondary N) is 1. The van der Waals surface area contributed by atoms with Crippen LogP contribution >= 0.6 is 15.9 Å². The van der Waals surface area contributed by atoms with Crippen LogP contribution in [-0.4, -0.2) is 44.6 Å². The largest absolute Gasteiger partial charge is 0.484 e.